The summed E-state index contributed by atoms with van der Waals surface area (Å²) >= 11 is 0. The summed E-state index contributed by atoms with van der Waals surface area (Å²) in [6, 6.07) is 14.3. The van der Waals surface area contributed by atoms with Crippen LogP contribution >= 0.6 is 0 Å². The SMILES string of the molecule is CCOc1ccccc1N1Cc2cccc(N)c2C1. The molecule has 1 aliphatic rings. The van der Waals surface area contributed by atoms with Gasteiger partial charge in [-0.05, 0) is 36.2 Å². The van der Waals surface area contributed by atoms with Gasteiger partial charge in [-0.3, -0.25) is 0 Å². The summed E-state index contributed by atoms with van der Waals surface area (Å²) < 4.78 is 5.71. The maximum absolute atomic E-state index is 6.05. The van der Waals surface area contributed by atoms with E-state index in [4.69, 9.17) is 10.5 Å². The number of rotatable bonds is 3. The molecule has 2 aromatic rings. The lowest BCUT2D eigenvalue weighted by Gasteiger charge is -2.21. The van der Waals surface area contributed by atoms with E-state index in [0.29, 0.717) is 6.61 Å². The molecule has 0 amide bonds. The van der Waals surface area contributed by atoms with Crippen molar-refractivity contribution in [1.82, 2.24) is 0 Å². The lowest BCUT2D eigenvalue weighted by Crippen LogP contribution is -2.15. The van der Waals surface area contributed by atoms with E-state index in [9.17, 15) is 0 Å². The van der Waals surface area contributed by atoms with Gasteiger partial charge >= 0.3 is 0 Å². The van der Waals surface area contributed by atoms with Crippen LogP contribution in [0.1, 0.15) is 18.1 Å². The van der Waals surface area contributed by atoms with Crippen molar-refractivity contribution in [2.75, 3.05) is 17.2 Å². The molecule has 0 saturated carbocycles. The highest BCUT2D eigenvalue weighted by Crippen LogP contribution is 2.36. The van der Waals surface area contributed by atoms with Gasteiger partial charge in [0.05, 0.1) is 12.3 Å². The molecule has 19 heavy (non-hydrogen) atoms. The standard InChI is InChI=1S/C16H18N2O/c1-2-19-16-9-4-3-8-15(16)18-10-12-6-5-7-14(17)13(12)11-18/h3-9H,2,10-11,17H2,1H3. The van der Waals surface area contributed by atoms with Gasteiger partial charge in [-0.1, -0.05) is 24.3 Å². The van der Waals surface area contributed by atoms with Gasteiger partial charge in [0, 0.05) is 18.8 Å². The Bertz CT molecular complexity index is 595. The molecule has 0 saturated heterocycles. The molecule has 3 rings (SSSR count). The van der Waals surface area contributed by atoms with Crippen molar-refractivity contribution in [3.05, 3.63) is 53.6 Å². The van der Waals surface area contributed by atoms with Crippen LogP contribution in [-0.4, -0.2) is 6.61 Å². The van der Waals surface area contributed by atoms with E-state index in [1.165, 1.54) is 11.1 Å². The lowest BCUT2D eigenvalue weighted by molar-refractivity contribution is 0.340. The van der Waals surface area contributed by atoms with Gasteiger partial charge < -0.3 is 15.4 Å². The average molecular weight is 254 g/mol. The lowest BCUT2D eigenvalue weighted by atomic mass is 10.1. The maximum Gasteiger partial charge on any atom is 0.142 e. The Hall–Kier alpha value is -2.16. The third kappa shape index (κ3) is 2.12. The molecule has 0 aliphatic carbocycles. The summed E-state index contributed by atoms with van der Waals surface area (Å²) in [6.07, 6.45) is 0. The zero-order chi connectivity index (χ0) is 13.2. The number of nitrogens with two attached hydrogens (primary N) is 1. The fraction of sp³-hybridized carbons (Fsp3) is 0.250. The summed E-state index contributed by atoms with van der Waals surface area (Å²) in [5.41, 5.74) is 10.6. The first kappa shape index (κ1) is 11.9. The zero-order valence-electron chi connectivity index (χ0n) is 11.1. The van der Waals surface area contributed by atoms with Crippen molar-refractivity contribution < 1.29 is 4.74 Å². The molecule has 0 fully saturated rings. The van der Waals surface area contributed by atoms with Gasteiger partial charge in [0.2, 0.25) is 0 Å². The van der Waals surface area contributed by atoms with Crippen molar-refractivity contribution in [3.8, 4) is 5.75 Å². The quantitative estimate of drug-likeness (QED) is 0.855. The van der Waals surface area contributed by atoms with E-state index in [1.54, 1.807) is 0 Å². The maximum atomic E-state index is 6.05. The largest absolute Gasteiger partial charge is 0.492 e. The summed E-state index contributed by atoms with van der Waals surface area (Å²) in [4.78, 5) is 2.31. The Balaban J connectivity index is 1.93. The van der Waals surface area contributed by atoms with Crippen LogP contribution in [0.5, 0.6) is 5.75 Å². The molecule has 2 N–H and O–H groups in total. The first-order valence-corrected chi connectivity index (χ1v) is 6.62. The smallest absolute Gasteiger partial charge is 0.142 e. The minimum absolute atomic E-state index is 0.680. The third-order valence-electron chi connectivity index (χ3n) is 3.53. The van der Waals surface area contributed by atoms with Crippen molar-refractivity contribution in [2.24, 2.45) is 0 Å². The van der Waals surface area contributed by atoms with E-state index in [-0.39, 0.29) is 0 Å². The first-order valence-electron chi connectivity index (χ1n) is 6.62. The molecule has 3 nitrogen and oxygen atoms in total. The Kier molecular flexibility index (Phi) is 3.03. The summed E-state index contributed by atoms with van der Waals surface area (Å²) in [5, 5.41) is 0. The highest BCUT2D eigenvalue weighted by atomic mass is 16.5. The molecule has 3 heteroatoms. The van der Waals surface area contributed by atoms with Gasteiger partial charge in [-0.2, -0.15) is 0 Å². The van der Waals surface area contributed by atoms with Gasteiger partial charge in [0.1, 0.15) is 5.75 Å². The number of anilines is 2. The summed E-state index contributed by atoms with van der Waals surface area (Å²) in [5.74, 6) is 0.941. The van der Waals surface area contributed by atoms with Crippen LogP contribution in [0, 0.1) is 0 Å². The number of para-hydroxylation sites is 2. The monoisotopic (exact) mass is 254 g/mol. The third-order valence-corrected chi connectivity index (χ3v) is 3.53. The molecule has 0 spiro atoms. The van der Waals surface area contributed by atoms with Crippen LogP contribution < -0.4 is 15.4 Å². The minimum Gasteiger partial charge on any atom is -0.492 e. The van der Waals surface area contributed by atoms with Crippen molar-refractivity contribution in [2.45, 2.75) is 20.0 Å². The van der Waals surface area contributed by atoms with Crippen LogP contribution in [0.2, 0.25) is 0 Å². The number of hydrogen-bond acceptors (Lipinski definition) is 3. The second kappa shape index (κ2) is 4.84. The van der Waals surface area contributed by atoms with Gasteiger partial charge in [-0.25, -0.2) is 0 Å². The van der Waals surface area contributed by atoms with Crippen LogP contribution in [0.15, 0.2) is 42.5 Å². The minimum atomic E-state index is 0.680. The predicted molar refractivity (Wildman–Crippen MR) is 78.4 cm³/mol. The van der Waals surface area contributed by atoms with Crippen LogP contribution in [0.25, 0.3) is 0 Å². The Morgan fingerprint density at radius 2 is 1.95 bits per heavy atom. The van der Waals surface area contributed by atoms with E-state index in [1.807, 2.05) is 37.3 Å². The van der Waals surface area contributed by atoms with Crippen LogP contribution in [0.4, 0.5) is 11.4 Å². The number of benzene rings is 2. The van der Waals surface area contributed by atoms with Gasteiger partial charge in [0.25, 0.3) is 0 Å². The molecular formula is C16H18N2O. The molecule has 0 atom stereocenters. The average Bonchev–Trinajstić information content (AvgIpc) is 2.85. The zero-order valence-corrected chi connectivity index (χ0v) is 11.1. The normalized spacial score (nSPS) is 13.4. The number of ether oxygens (including phenoxy) is 1. The second-order valence-corrected chi connectivity index (χ2v) is 4.74. The molecule has 98 valence electrons. The van der Waals surface area contributed by atoms with Crippen LogP contribution in [0.3, 0.4) is 0 Å². The molecule has 1 aliphatic heterocycles. The number of fused-ring (bicyclic) bond motifs is 1. The molecule has 2 aromatic carbocycles. The summed E-state index contributed by atoms with van der Waals surface area (Å²) in [7, 11) is 0. The molecule has 0 unspecified atom stereocenters. The number of hydrogen-bond donors (Lipinski definition) is 1. The molecule has 0 radical (unpaired) electrons. The number of nitrogen functional groups attached to an aromatic ring is 1. The van der Waals surface area contributed by atoms with E-state index >= 15 is 0 Å². The number of nitrogens with zero attached hydrogens (tertiary/aromatic N) is 1. The molecule has 0 aromatic heterocycles. The van der Waals surface area contributed by atoms with Crippen molar-refractivity contribution in [1.29, 1.82) is 0 Å². The van der Waals surface area contributed by atoms with Gasteiger partial charge in [0.15, 0.2) is 0 Å². The Morgan fingerprint density at radius 3 is 2.74 bits per heavy atom. The van der Waals surface area contributed by atoms with E-state index in [0.717, 1.165) is 30.2 Å². The molecular weight excluding hydrogens is 236 g/mol. The Morgan fingerprint density at radius 1 is 1.11 bits per heavy atom. The van der Waals surface area contributed by atoms with E-state index in [2.05, 4.69) is 17.0 Å². The molecule has 1 heterocycles. The second-order valence-electron chi connectivity index (χ2n) is 4.74. The highest BCUT2D eigenvalue weighted by Gasteiger charge is 2.22. The van der Waals surface area contributed by atoms with Crippen molar-refractivity contribution in [3.63, 3.8) is 0 Å². The van der Waals surface area contributed by atoms with Crippen molar-refractivity contribution >= 4 is 11.4 Å². The summed E-state index contributed by atoms with van der Waals surface area (Å²) in [6.45, 7) is 4.43. The fourth-order valence-electron chi connectivity index (χ4n) is 2.61. The predicted octanol–water partition coefficient (Wildman–Crippen LogP) is 3.19. The van der Waals surface area contributed by atoms with E-state index < -0.39 is 0 Å². The van der Waals surface area contributed by atoms with Crippen LogP contribution in [-0.2, 0) is 13.1 Å². The first-order chi connectivity index (χ1) is 9.29. The Labute approximate surface area is 113 Å². The molecule has 0 bridgehead atoms. The highest BCUT2D eigenvalue weighted by molar-refractivity contribution is 5.64. The van der Waals surface area contributed by atoms with Gasteiger partial charge in [-0.15, -0.1) is 0 Å². The fourth-order valence-corrected chi connectivity index (χ4v) is 2.61. The topological polar surface area (TPSA) is 38.5 Å².